The molecular formula is C15H27Br2ClN4O3. The van der Waals surface area contributed by atoms with Crippen molar-refractivity contribution in [3.05, 3.63) is 15.4 Å². The van der Waals surface area contributed by atoms with Crippen LogP contribution in [-0.2, 0) is 9.53 Å². The van der Waals surface area contributed by atoms with Crippen LogP contribution in [0.4, 0.5) is 5.82 Å². The fraction of sp³-hybridized carbons (Fsp3) is 0.667. The van der Waals surface area contributed by atoms with Crippen molar-refractivity contribution in [3.63, 3.8) is 0 Å². The minimum Gasteiger partial charge on any atom is -0.465 e. The Labute approximate surface area is 172 Å². The molecule has 0 amide bonds. The van der Waals surface area contributed by atoms with E-state index < -0.39 is 0 Å². The molecule has 1 aromatic rings. The number of esters is 1. The molecule has 7 nitrogen and oxygen atoms in total. The first-order valence-electron chi connectivity index (χ1n) is 7.43. The van der Waals surface area contributed by atoms with Crippen LogP contribution < -0.4 is 11.1 Å². The Morgan fingerprint density at radius 3 is 2.48 bits per heavy atom. The third-order valence-corrected chi connectivity index (χ3v) is 4.08. The fourth-order valence-corrected chi connectivity index (χ4v) is 2.89. The van der Waals surface area contributed by atoms with Gasteiger partial charge in [-0.05, 0) is 64.5 Å². The SMILES string of the molecule is C.CCOC(=O)CNc1ncc(Br)nc1Br.Cl.NC1CCC(O)CC1. The van der Waals surface area contributed by atoms with Crippen LogP contribution in [0.5, 0.6) is 0 Å². The lowest BCUT2D eigenvalue weighted by Crippen LogP contribution is -2.28. The van der Waals surface area contributed by atoms with Crippen LogP contribution in [0.15, 0.2) is 15.4 Å². The summed E-state index contributed by atoms with van der Waals surface area (Å²) in [5.41, 5.74) is 5.59. The van der Waals surface area contributed by atoms with Crippen molar-refractivity contribution in [2.24, 2.45) is 5.73 Å². The van der Waals surface area contributed by atoms with Gasteiger partial charge in [-0.3, -0.25) is 4.79 Å². The molecule has 1 aromatic heterocycles. The molecule has 1 aliphatic carbocycles. The van der Waals surface area contributed by atoms with Gasteiger partial charge in [0.25, 0.3) is 0 Å². The zero-order valence-corrected chi connectivity index (χ0v) is 17.4. The molecule has 0 spiro atoms. The van der Waals surface area contributed by atoms with E-state index in [1.165, 1.54) is 6.20 Å². The average molecular weight is 507 g/mol. The Bertz CT molecular complexity index is 494. The highest BCUT2D eigenvalue weighted by Gasteiger charge is 2.14. The first-order valence-corrected chi connectivity index (χ1v) is 9.02. The second kappa shape index (κ2) is 14.7. The molecule has 0 radical (unpaired) electrons. The molecule has 10 heteroatoms. The number of aromatic nitrogens is 2. The standard InChI is InChI=1S/C8H9Br2N3O2.C6H13NO.CH4.ClH/c1-2-15-6(14)4-12-8-7(10)13-5(9)3-11-8;7-5-1-3-6(8)4-2-5;;/h3H,2,4H2,1H3,(H,11,12);5-6,8H,1-4,7H2;1H4;1H. The lowest BCUT2D eigenvalue weighted by molar-refractivity contribution is -0.140. The number of carbonyl (C=O) groups excluding carboxylic acids is 1. The van der Waals surface area contributed by atoms with Gasteiger partial charge in [0.2, 0.25) is 0 Å². The Morgan fingerprint density at radius 1 is 1.40 bits per heavy atom. The molecule has 1 fully saturated rings. The third kappa shape index (κ3) is 11.7. The maximum atomic E-state index is 11.0. The largest absolute Gasteiger partial charge is 0.465 e. The second-order valence-electron chi connectivity index (χ2n) is 5.06. The number of hydrogen-bond donors (Lipinski definition) is 3. The lowest BCUT2D eigenvalue weighted by atomic mass is 9.94. The molecule has 0 saturated heterocycles. The molecule has 1 heterocycles. The quantitative estimate of drug-likeness (QED) is 0.538. The van der Waals surface area contributed by atoms with Crippen molar-refractivity contribution in [1.29, 1.82) is 0 Å². The molecule has 0 bridgehead atoms. The van der Waals surface area contributed by atoms with Gasteiger partial charge in [-0.15, -0.1) is 12.4 Å². The van der Waals surface area contributed by atoms with Crippen molar-refractivity contribution in [2.75, 3.05) is 18.5 Å². The normalized spacial score (nSPS) is 18.6. The number of halogens is 3. The van der Waals surface area contributed by atoms with Crippen LogP contribution in [0, 0.1) is 0 Å². The molecule has 0 aliphatic heterocycles. The fourth-order valence-electron chi connectivity index (χ4n) is 1.93. The van der Waals surface area contributed by atoms with Gasteiger partial charge >= 0.3 is 5.97 Å². The van der Waals surface area contributed by atoms with Crippen molar-refractivity contribution in [3.8, 4) is 0 Å². The number of nitrogens with two attached hydrogens (primary N) is 1. The van der Waals surface area contributed by atoms with E-state index in [0.717, 1.165) is 25.7 Å². The van der Waals surface area contributed by atoms with Gasteiger partial charge in [-0.25, -0.2) is 9.97 Å². The zero-order valence-electron chi connectivity index (χ0n) is 13.4. The Morgan fingerprint density at radius 2 is 2.00 bits per heavy atom. The lowest BCUT2D eigenvalue weighted by Gasteiger charge is -2.21. The predicted octanol–water partition coefficient (Wildman–Crippen LogP) is 3.28. The van der Waals surface area contributed by atoms with E-state index in [4.69, 9.17) is 15.6 Å². The minimum atomic E-state index is -0.325. The molecule has 4 N–H and O–H groups in total. The highest BCUT2D eigenvalue weighted by atomic mass is 79.9. The molecule has 0 atom stereocenters. The summed E-state index contributed by atoms with van der Waals surface area (Å²) < 4.78 is 5.92. The number of anilines is 1. The molecule has 1 aliphatic rings. The van der Waals surface area contributed by atoms with Crippen molar-refractivity contribution < 1.29 is 14.6 Å². The molecule has 2 rings (SSSR count). The van der Waals surface area contributed by atoms with Crippen molar-refractivity contribution >= 4 is 56.1 Å². The number of ether oxygens (including phenoxy) is 1. The summed E-state index contributed by atoms with van der Waals surface area (Å²) in [6.45, 7) is 2.20. The van der Waals surface area contributed by atoms with Crippen LogP contribution in [0.2, 0.25) is 0 Å². The van der Waals surface area contributed by atoms with E-state index in [0.29, 0.717) is 27.7 Å². The maximum absolute atomic E-state index is 11.0. The number of aliphatic hydroxyl groups is 1. The molecule has 1 saturated carbocycles. The van der Waals surface area contributed by atoms with Crippen LogP contribution in [-0.4, -0.2) is 46.3 Å². The zero-order chi connectivity index (χ0) is 17.2. The number of carbonyl (C=O) groups is 1. The molecular weight excluding hydrogens is 479 g/mol. The monoisotopic (exact) mass is 504 g/mol. The minimum absolute atomic E-state index is 0. The Balaban J connectivity index is 0. The van der Waals surface area contributed by atoms with Gasteiger partial charge in [-0.2, -0.15) is 0 Å². The smallest absolute Gasteiger partial charge is 0.325 e. The Hall–Kier alpha value is -0.480. The summed E-state index contributed by atoms with van der Waals surface area (Å²) in [4.78, 5) is 19.1. The molecule has 146 valence electrons. The van der Waals surface area contributed by atoms with Crippen LogP contribution >= 0.6 is 44.3 Å². The van der Waals surface area contributed by atoms with Crippen LogP contribution in [0.25, 0.3) is 0 Å². The van der Waals surface area contributed by atoms with Gasteiger partial charge in [0.1, 0.15) is 15.8 Å². The Kier molecular flexibility index (Phi) is 15.7. The summed E-state index contributed by atoms with van der Waals surface area (Å²) in [7, 11) is 0. The third-order valence-electron chi connectivity index (χ3n) is 3.15. The van der Waals surface area contributed by atoms with Gasteiger partial charge in [0.15, 0.2) is 5.82 Å². The highest BCUT2D eigenvalue weighted by molar-refractivity contribution is 9.11. The van der Waals surface area contributed by atoms with E-state index in [9.17, 15) is 4.79 Å². The summed E-state index contributed by atoms with van der Waals surface area (Å²) in [5, 5.41) is 11.8. The number of aliphatic hydroxyl groups excluding tert-OH is 1. The van der Waals surface area contributed by atoms with Gasteiger partial charge in [0.05, 0.1) is 18.9 Å². The summed E-state index contributed by atoms with van der Waals surface area (Å²) in [6.07, 6.45) is 5.29. The molecule has 0 aromatic carbocycles. The average Bonchev–Trinajstić information content (AvgIpc) is 2.50. The van der Waals surface area contributed by atoms with Gasteiger partial charge < -0.3 is 20.9 Å². The maximum Gasteiger partial charge on any atom is 0.325 e. The molecule has 0 unspecified atom stereocenters. The topological polar surface area (TPSA) is 110 Å². The number of nitrogens with one attached hydrogen (secondary N) is 1. The van der Waals surface area contributed by atoms with E-state index in [2.05, 4.69) is 47.1 Å². The first kappa shape index (κ1) is 26.7. The summed E-state index contributed by atoms with van der Waals surface area (Å²) in [5.74, 6) is 0.181. The van der Waals surface area contributed by atoms with Gasteiger partial charge in [0, 0.05) is 6.04 Å². The van der Waals surface area contributed by atoms with Crippen molar-refractivity contribution in [2.45, 2.75) is 52.2 Å². The highest BCUT2D eigenvalue weighted by Crippen LogP contribution is 2.19. The van der Waals surface area contributed by atoms with Crippen LogP contribution in [0.3, 0.4) is 0 Å². The number of hydrogen-bond acceptors (Lipinski definition) is 7. The van der Waals surface area contributed by atoms with Crippen molar-refractivity contribution in [1.82, 2.24) is 9.97 Å². The predicted molar refractivity (Wildman–Crippen MR) is 109 cm³/mol. The summed E-state index contributed by atoms with van der Waals surface area (Å²) >= 11 is 6.40. The summed E-state index contributed by atoms with van der Waals surface area (Å²) in [6, 6.07) is 0.360. The van der Waals surface area contributed by atoms with E-state index in [1.807, 2.05) is 0 Å². The van der Waals surface area contributed by atoms with E-state index in [1.54, 1.807) is 6.92 Å². The number of nitrogens with zero attached hydrogens (tertiary/aromatic N) is 2. The first-order chi connectivity index (χ1) is 10.9. The van der Waals surface area contributed by atoms with E-state index >= 15 is 0 Å². The second-order valence-corrected chi connectivity index (χ2v) is 6.62. The van der Waals surface area contributed by atoms with Gasteiger partial charge in [-0.1, -0.05) is 7.43 Å². The molecule has 25 heavy (non-hydrogen) atoms. The van der Waals surface area contributed by atoms with E-state index in [-0.39, 0.29) is 38.5 Å². The number of rotatable bonds is 4. The van der Waals surface area contributed by atoms with Crippen LogP contribution in [0.1, 0.15) is 40.0 Å².